The Balaban J connectivity index is 2.99. The van der Waals surface area contributed by atoms with Gasteiger partial charge in [-0.05, 0) is 11.6 Å². The Labute approximate surface area is 93.6 Å². The molecular weight excluding hydrogens is 251 g/mol. The highest BCUT2D eigenvalue weighted by atomic mass is 35.5. The molecule has 1 heterocycles. The lowest BCUT2D eigenvalue weighted by molar-refractivity contribution is -0.164. The lowest BCUT2D eigenvalue weighted by atomic mass is 10.1. The van der Waals surface area contributed by atoms with E-state index in [-0.39, 0.29) is 15.7 Å². The largest absolute Gasteiger partial charge is 0.477 e. The number of rotatable bonds is 3. The lowest BCUT2D eigenvalue weighted by Gasteiger charge is -2.11. The van der Waals surface area contributed by atoms with E-state index in [2.05, 4.69) is 4.98 Å². The smallest absolute Gasteiger partial charge is 0.374 e. The van der Waals surface area contributed by atoms with Crippen molar-refractivity contribution in [2.45, 2.75) is 12.3 Å². The monoisotopic (exact) mass is 255 g/mol. The Kier molecular flexibility index (Phi) is 3.46. The average molecular weight is 256 g/mol. The molecule has 7 heteroatoms. The molecular formula is C8H5Cl2F2NO2. The van der Waals surface area contributed by atoms with Gasteiger partial charge in [-0.3, -0.25) is 0 Å². The highest BCUT2D eigenvalue weighted by Gasteiger charge is 2.39. The molecule has 0 atom stereocenters. The van der Waals surface area contributed by atoms with Gasteiger partial charge in [0.2, 0.25) is 0 Å². The summed E-state index contributed by atoms with van der Waals surface area (Å²) in [6, 6.07) is 1.11. The first-order chi connectivity index (χ1) is 6.83. The van der Waals surface area contributed by atoms with E-state index in [1.807, 2.05) is 0 Å². The topological polar surface area (TPSA) is 50.2 Å². The molecule has 0 bridgehead atoms. The fourth-order valence-electron chi connectivity index (χ4n) is 0.902. The zero-order valence-electron chi connectivity index (χ0n) is 7.18. The summed E-state index contributed by atoms with van der Waals surface area (Å²) < 4.78 is 25.6. The highest BCUT2D eigenvalue weighted by Crippen LogP contribution is 2.26. The highest BCUT2D eigenvalue weighted by molar-refractivity contribution is 6.32. The van der Waals surface area contributed by atoms with Gasteiger partial charge in [0.1, 0.15) is 5.15 Å². The summed E-state index contributed by atoms with van der Waals surface area (Å²) in [6.07, 6.45) is 0.0839. The van der Waals surface area contributed by atoms with Crippen LogP contribution in [-0.2, 0) is 11.2 Å². The summed E-state index contributed by atoms with van der Waals surface area (Å²) in [5.41, 5.74) is -0.0518. The molecule has 82 valence electrons. The zero-order valence-corrected chi connectivity index (χ0v) is 8.69. The summed E-state index contributed by atoms with van der Waals surface area (Å²) in [7, 11) is 0. The van der Waals surface area contributed by atoms with Crippen molar-refractivity contribution < 1.29 is 18.7 Å². The molecule has 0 unspecified atom stereocenters. The van der Waals surface area contributed by atoms with Crippen molar-refractivity contribution in [1.29, 1.82) is 0 Å². The first kappa shape index (κ1) is 12.1. The minimum Gasteiger partial charge on any atom is -0.477 e. The number of nitrogens with zero attached hydrogens (tertiary/aromatic N) is 1. The number of hydrogen-bond acceptors (Lipinski definition) is 2. The van der Waals surface area contributed by atoms with E-state index in [0.717, 1.165) is 12.3 Å². The normalized spacial score (nSPS) is 11.5. The molecule has 0 aromatic carbocycles. The minimum atomic E-state index is -3.87. The van der Waals surface area contributed by atoms with Crippen LogP contribution in [0.4, 0.5) is 8.78 Å². The van der Waals surface area contributed by atoms with Gasteiger partial charge in [-0.25, -0.2) is 9.78 Å². The second kappa shape index (κ2) is 4.28. The molecule has 0 aliphatic heterocycles. The lowest BCUT2D eigenvalue weighted by Crippen LogP contribution is -2.30. The van der Waals surface area contributed by atoms with Gasteiger partial charge in [-0.1, -0.05) is 23.2 Å². The van der Waals surface area contributed by atoms with Gasteiger partial charge in [0.25, 0.3) is 0 Å². The van der Waals surface area contributed by atoms with Crippen LogP contribution in [0.2, 0.25) is 10.2 Å². The van der Waals surface area contributed by atoms with Crippen molar-refractivity contribution in [1.82, 2.24) is 4.98 Å². The predicted octanol–water partition coefficient (Wildman–Crippen LogP) is 2.65. The molecule has 1 aromatic rings. The molecule has 1 N–H and O–H groups in total. The number of carboxylic acid groups (broad SMARTS) is 1. The molecule has 3 nitrogen and oxygen atoms in total. The summed E-state index contributed by atoms with van der Waals surface area (Å²) in [5.74, 6) is -6.07. The van der Waals surface area contributed by atoms with Crippen LogP contribution in [0.3, 0.4) is 0 Å². The zero-order chi connectivity index (χ0) is 11.6. The van der Waals surface area contributed by atoms with Crippen molar-refractivity contribution in [2.75, 3.05) is 0 Å². The molecule has 0 spiro atoms. The molecule has 0 saturated heterocycles. The van der Waals surface area contributed by atoms with E-state index >= 15 is 0 Å². The Morgan fingerprint density at radius 1 is 1.53 bits per heavy atom. The van der Waals surface area contributed by atoms with Gasteiger partial charge in [-0.15, -0.1) is 0 Å². The maximum Gasteiger partial charge on any atom is 0.374 e. The van der Waals surface area contributed by atoms with Crippen LogP contribution in [0.5, 0.6) is 0 Å². The van der Waals surface area contributed by atoms with Crippen molar-refractivity contribution in [3.05, 3.63) is 28.0 Å². The SMILES string of the molecule is O=C(O)C(F)(F)Cc1cc(Cl)ncc1Cl. The van der Waals surface area contributed by atoms with E-state index < -0.39 is 18.3 Å². The Bertz CT molecular complexity index is 398. The summed E-state index contributed by atoms with van der Waals surface area (Å²) in [5, 5.41) is 8.16. The number of halogens is 4. The second-order valence-corrected chi connectivity index (χ2v) is 3.58. The van der Waals surface area contributed by atoms with Crippen molar-refractivity contribution >= 4 is 29.2 Å². The van der Waals surface area contributed by atoms with E-state index in [4.69, 9.17) is 28.3 Å². The second-order valence-electron chi connectivity index (χ2n) is 2.78. The van der Waals surface area contributed by atoms with Crippen LogP contribution in [0.25, 0.3) is 0 Å². The summed E-state index contributed by atoms with van der Waals surface area (Å²) in [6.45, 7) is 0. The first-order valence-electron chi connectivity index (χ1n) is 3.74. The fourth-order valence-corrected chi connectivity index (χ4v) is 1.25. The third-order valence-electron chi connectivity index (χ3n) is 1.63. The predicted molar refractivity (Wildman–Crippen MR) is 50.5 cm³/mol. The number of alkyl halides is 2. The standard InChI is InChI=1S/C8H5Cl2F2NO2/c9-5-3-13-6(10)1-4(5)2-8(11,12)7(14)15/h1,3H,2H2,(H,14,15). The van der Waals surface area contributed by atoms with Crippen LogP contribution in [0.1, 0.15) is 5.56 Å². The third kappa shape index (κ3) is 3.00. The molecule has 0 radical (unpaired) electrons. The summed E-state index contributed by atoms with van der Waals surface area (Å²) in [4.78, 5) is 13.7. The van der Waals surface area contributed by atoms with Crippen LogP contribution in [-0.4, -0.2) is 22.0 Å². The van der Waals surface area contributed by atoms with E-state index in [0.29, 0.717) is 0 Å². The average Bonchev–Trinajstić information content (AvgIpc) is 2.10. The maximum atomic E-state index is 12.8. The Morgan fingerprint density at radius 2 is 2.13 bits per heavy atom. The van der Waals surface area contributed by atoms with Crippen molar-refractivity contribution in [2.24, 2.45) is 0 Å². The van der Waals surface area contributed by atoms with Gasteiger partial charge < -0.3 is 5.11 Å². The maximum absolute atomic E-state index is 12.8. The van der Waals surface area contributed by atoms with Crippen LogP contribution in [0, 0.1) is 0 Å². The third-order valence-corrected chi connectivity index (χ3v) is 2.17. The van der Waals surface area contributed by atoms with Gasteiger partial charge >= 0.3 is 11.9 Å². The Hall–Kier alpha value is -0.940. The molecule has 0 fully saturated rings. The number of aliphatic carboxylic acids is 1. The molecule has 0 aliphatic carbocycles. The first-order valence-corrected chi connectivity index (χ1v) is 4.49. The molecule has 0 saturated carbocycles. The number of carbonyl (C=O) groups is 1. The quantitative estimate of drug-likeness (QED) is 0.845. The van der Waals surface area contributed by atoms with Crippen molar-refractivity contribution in [3.63, 3.8) is 0 Å². The van der Waals surface area contributed by atoms with E-state index in [1.54, 1.807) is 0 Å². The summed E-state index contributed by atoms with van der Waals surface area (Å²) >= 11 is 11.0. The van der Waals surface area contributed by atoms with Crippen LogP contribution < -0.4 is 0 Å². The Morgan fingerprint density at radius 3 is 2.67 bits per heavy atom. The van der Waals surface area contributed by atoms with Crippen LogP contribution >= 0.6 is 23.2 Å². The molecule has 1 rings (SSSR count). The number of hydrogen-bond donors (Lipinski definition) is 1. The van der Waals surface area contributed by atoms with Gasteiger partial charge in [0.15, 0.2) is 0 Å². The molecule has 0 aliphatic rings. The molecule has 15 heavy (non-hydrogen) atoms. The van der Waals surface area contributed by atoms with Crippen molar-refractivity contribution in [3.8, 4) is 0 Å². The minimum absolute atomic E-state index is 0.0180. The van der Waals surface area contributed by atoms with Gasteiger partial charge in [0.05, 0.1) is 5.02 Å². The number of aromatic nitrogens is 1. The molecule has 1 aromatic heterocycles. The number of carboxylic acids is 1. The van der Waals surface area contributed by atoms with Gasteiger partial charge in [0, 0.05) is 12.6 Å². The van der Waals surface area contributed by atoms with Gasteiger partial charge in [-0.2, -0.15) is 8.78 Å². The molecule has 0 amide bonds. The fraction of sp³-hybridized carbons (Fsp3) is 0.250. The van der Waals surface area contributed by atoms with Crippen LogP contribution in [0.15, 0.2) is 12.3 Å². The van der Waals surface area contributed by atoms with E-state index in [1.165, 1.54) is 0 Å². The number of pyridine rings is 1. The van der Waals surface area contributed by atoms with E-state index in [9.17, 15) is 13.6 Å².